The lowest BCUT2D eigenvalue weighted by atomic mass is 10.0. The molecule has 0 saturated carbocycles. The van der Waals surface area contributed by atoms with Crippen molar-refractivity contribution in [1.29, 1.82) is 5.26 Å². The minimum absolute atomic E-state index is 0.0168. The fourth-order valence-corrected chi connectivity index (χ4v) is 2.53. The number of hydrogen-bond donors (Lipinski definition) is 1. The Hall–Kier alpha value is -3.00. The highest BCUT2D eigenvalue weighted by molar-refractivity contribution is 5.75. The molecular formula is C21H24N2O3. The molecule has 136 valence electrons. The van der Waals surface area contributed by atoms with Crippen LogP contribution in [0, 0.1) is 11.3 Å². The molecule has 1 atom stereocenters. The molecule has 0 aromatic heterocycles. The molecule has 0 aliphatic carbocycles. The zero-order chi connectivity index (χ0) is 18.8. The van der Waals surface area contributed by atoms with Crippen LogP contribution >= 0.6 is 0 Å². The maximum atomic E-state index is 12.0. The van der Waals surface area contributed by atoms with Crippen LogP contribution in [0.5, 0.6) is 11.5 Å². The van der Waals surface area contributed by atoms with E-state index in [-0.39, 0.29) is 11.8 Å². The number of nitrogens with zero attached hydrogens (tertiary/aromatic N) is 1. The van der Waals surface area contributed by atoms with Crippen LogP contribution in [0.2, 0.25) is 0 Å². The Kier molecular flexibility index (Phi) is 7.50. The number of carbonyl (C=O) groups is 1. The summed E-state index contributed by atoms with van der Waals surface area (Å²) in [6.07, 6.45) is 1.01. The van der Waals surface area contributed by atoms with Crippen LogP contribution in [0.4, 0.5) is 0 Å². The second-order valence-electron chi connectivity index (χ2n) is 6.05. The SMILES string of the molecule is COc1cc(C#N)ccc1OCCCC(=O)NC[C@H](C)c1ccccc1. The Morgan fingerprint density at radius 3 is 2.65 bits per heavy atom. The van der Waals surface area contributed by atoms with E-state index in [4.69, 9.17) is 14.7 Å². The van der Waals surface area contributed by atoms with Crippen molar-refractivity contribution in [2.45, 2.75) is 25.7 Å². The van der Waals surface area contributed by atoms with E-state index in [0.29, 0.717) is 43.1 Å². The number of benzene rings is 2. The minimum Gasteiger partial charge on any atom is -0.493 e. The van der Waals surface area contributed by atoms with Gasteiger partial charge in [0.2, 0.25) is 5.91 Å². The van der Waals surface area contributed by atoms with Crippen LogP contribution in [-0.2, 0) is 4.79 Å². The van der Waals surface area contributed by atoms with Gasteiger partial charge in [-0.3, -0.25) is 4.79 Å². The molecule has 0 heterocycles. The monoisotopic (exact) mass is 352 g/mol. The van der Waals surface area contributed by atoms with Gasteiger partial charge in [0, 0.05) is 19.0 Å². The van der Waals surface area contributed by atoms with Crippen molar-refractivity contribution >= 4 is 5.91 Å². The predicted molar refractivity (Wildman–Crippen MR) is 100 cm³/mol. The van der Waals surface area contributed by atoms with Gasteiger partial charge in [0.25, 0.3) is 0 Å². The van der Waals surface area contributed by atoms with Gasteiger partial charge in [-0.15, -0.1) is 0 Å². The molecule has 1 N–H and O–H groups in total. The molecule has 0 radical (unpaired) electrons. The van der Waals surface area contributed by atoms with Crippen LogP contribution < -0.4 is 14.8 Å². The number of carbonyl (C=O) groups excluding carboxylic acids is 1. The van der Waals surface area contributed by atoms with Gasteiger partial charge in [-0.2, -0.15) is 5.26 Å². The van der Waals surface area contributed by atoms with E-state index in [1.165, 1.54) is 12.7 Å². The summed E-state index contributed by atoms with van der Waals surface area (Å²) in [5.41, 5.74) is 1.73. The Bertz CT molecular complexity index is 754. The van der Waals surface area contributed by atoms with Crippen molar-refractivity contribution in [3.05, 3.63) is 59.7 Å². The summed E-state index contributed by atoms with van der Waals surface area (Å²) in [6.45, 7) is 3.12. The number of ether oxygens (including phenoxy) is 2. The Balaban J connectivity index is 1.70. The van der Waals surface area contributed by atoms with Crippen LogP contribution in [0.25, 0.3) is 0 Å². The summed E-state index contributed by atoms with van der Waals surface area (Å²) in [7, 11) is 1.53. The number of amides is 1. The molecule has 1 amide bonds. The number of nitrogens with one attached hydrogen (secondary N) is 1. The number of rotatable bonds is 9. The quantitative estimate of drug-likeness (QED) is 0.699. The average Bonchev–Trinajstić information content (AvgIpc) is 2.70. The Labute approximate surface area is 154 Å². The Morgan fingerprint density at radius 2 is 1.96 bits per heavy atom. The molecule has 5 heteroatoms. The van der Waals surface area contributed by atoms with E-state index in [1.807, 2.05) is 18.2 Å². The van der Waals surface area contributed by atoms with E-state index in [9.17, 15) is 4.79 Å². The van der Waals surface area contributed by atoms with Crippen molar-refractivity contribution in [3.63, 3.8) is 0 Å². The van der Waals surface area contributed by atoms with Crippen LogP contribution in [0.1, 0.15) is 36.8 Å². The van der Waals surface area contributed by atoms with Gasteiger partial charge in [-0.1, -0.05) is 37.3 Å². The topological polar surface area (TPSA) is 71.3 Å². The van der Waals surface area contributed by atoms with E-state index >= 15 is 0 Å². The average molecular weight is 352 g/mol. The molecule has 0 saturated heterocycles. The van der Waals surface area contributed by atoms with Crippen molar-refractivity contribution in [2.75, 3.05) is 20.3 Å². The zero-order valence-electron chi connectivity index (χ0n) is 15.2. The third-order valence-corrected chi connectivity index (χ3v) is 4.07. The molecule has 26 heavy (non-hydrogen) atoms. The van der Waals surface area contributed by atoms with Crippen LogP contribution in [0.15, 0.2) is 48.5 Å². The lowest BCUT2D eigenvalue weighted by molar-refractivity contribution is -0.121. The highest BCUT2D eigenvalue weighted by Gasteiger charge is 2.09. The fourth-order valence-electron chi connectivity index (χ4n) is 2.53. The lowest BCUT2D eigenvalue weighted by Crippen LogP contribution is -2.27. The number of nitriles is 1. The smallest absolute Gasteiger partial charge is 0.220 e. The van der Waals surface area contributed by atoms with Gasteiger partial charge >= 0.3 is 0 Å². The van der Waals surface area contributed by atoms with Crippen molar-refractivity contribution < 1.29 is 14.3 Å². The molecule has 0 aliphatic heterocycles. The first-order chi connectivity index (χ1) is 12.6. The van der Waals surface area contributed by atoms with Gasteiger partial charge < -0.3 is 14.8 Å². The maximum absolute atomic E-state index is 12.0. The third kappa shape index (κ3) is 5.82. The third-order valence-electron chi connectivity index (χ3n) is 4.07. The standard InChI is InChI=1S/C21H24N2O3/c1-16(18-7-4-3-5-8-18)15-23-21(24)9-6-12-26-19-11-10-17(14-22)13-20(19)25-2/h3-5,7-8,10-11,13,16H,6,9,12,15H2,1-2H3,(H,23,24)/t16-/m0/s1. The minimum atomic E-state index is 0.0168. The van der Waals surface area contributed by atoms with Crippen molar-refractivity contribution in [1.82, 2.24) is 5.32 Å². The molecule has 0 fully saturated rings. The van der Waals surface area contributed by atoms with Gasteiger partial charge in [0.05, 0.1) is 25.3 Å². The molecule has 0 unspecified atom stereocenters. The van der Waals surface area contributed by atoms with Crippen LogP contribution in [-0.4, -0.2) is 26.2 Å². The summed E-state index contributed by atoms with van der Waals surface area (Å²) in [4.78, 5) is 12.0. The second kappa shape index (κ2) is 10.1. The van der Waals surface area contributed by atoms with E-state index in [1.54, 1.807) is 18.2 Å². The highest BCUT2D eigenvalue weighted by Crippen LogP contribution is 2.27. The first-order valence-corrected chi connectivity index (χ1v) is 8.66. The molecule has 0 aliphatic rings. The molecule has 2 rings (SSSR count). The molecule has 0 bridgehead atoms. The van der Waals surface area contributed by atoms with E-state index in [0.717, 1.165) is 0 Å². The molecule has 2 aromatic rings. The lowest BCUT2D eigenvalue weighted by Gasteiger charge is -2.13. The van der Waals surface area contributed by atoms with E-state index < -0.39 is 0 Å². The van der Waals surface area contributed by atoms with E-state index in [2.05, 4.69) is 30.4 Å². The summed E-state index contributed by atoms with van der Waals surface area (Å²) in [5, 5.41) is 11.9. The van der Waals surface area contributed by atoms with Gasteiger partial charge in [0.15, 0.2) is 11.5 Å². The first-order valence-electron chi connectivity index (χ1n) is 8.66. The molecular weight excluding hydrogens is 328 g/mol. The second-order valence-corrected chi connectivity index (χ2v) is 6.05. The van der Waals surface area contributed by atoms with Gasteiger partial charge in [0.1, 0.15) is 0 Å². The number of methoxy groups -OCH3 is 1. The molecule has 0 spiro atoms. The highest BCUT2D eigenvalue weighted by atomic mass is 16.5. The van der Waals surface area contributed by atoms with Crippen molar-refractivity contribution in [3.8, 4) is 17.6 Å². The largest absolute Gasteiger partial charge is 0.493 e. The van der Waals surface area contributed by atoms with Crippen molar-refractivity contribution in [2.24, 2.45) is 0 Å². The Morgan fingerprint density at radius 1 is 1.19 bits per heavy atom. The van der Waals surface area contributed by atoms with Gasteiger partial charge in [-0.05, 0) is 30.0 Å². The summed E-state index contributed by atoms with van der Waals surface area (Å²) in [5.74, 6) is 1.39. The number of hydrogen-bond acceptors (Lipinski definition) is 4. The summed E-state index contributed by atoms with van der Waals surface area (Å²) in [6, 6.07) is 17.2. The van der Waals surface area contributed by atoms with Gasteiger partial charge in [-0.25, -0.2) is 0 Å². The van der Waals surface area contributed by atoms with Crippen LogP contribution in [0.3, 0.4) is 0 Å². The zero-order valence-corrected chi connectivity index (χ0v) is 15.2. The first kappa shape index (κ1) is 19.3. The predicted octanol–water partition coefficient (Wildman–Crippen LogP) is 3.65. The maximum Gasteiger partial charge on any atom is 0.220 e. The summed E-state index contributed by atoms with van der Waals surface area (Å²) < 4.78 is 10.9. The summed E-state index contributed by atoms with van der Waals surface area (Å²) >= 11 is 0. The normalized spacial score (nSPS) is 11.3. The molecule has 2 aromatic carbocycles. The fraction of sp³-hybridized carbons (Fsp3) is 0.333. The molecule has 5 nitrogen and oxygen atoms in total.